The van der Waals surface area contributed by atoms with Crippen LogP contribution >= 0.6 is 27.5 Å². The summed E-state index contributed by atoms with van der Waals surface area (Å²) in [6.45, 7) is 3.85. The van der Waals surface area contributed by atoms with Crippen LogP contribution in [0.5, 0.6) is 0 Å². The van der Waals surface area contributed by atoms with Gasteiger partial charge in [-0.05, 0) is 35.6 Å². The molecule has 1 amide bonds. The molecule has 0 bridgehead atoms. The fourth-order valence-electron chi connectivity index (χ4n) is 1.50. The quantitative estimate of drug-likeness (QED) is 0.921. The number of carbonyl (C=O) groups excluding carboxylic acids is 1. The summed E-state index contributed by atoms with van der Waals surface area (Å²) < 4.78 is 18.0. The van der Waals surface area contributed by atoms with E-state index in [0.717, 1.165) is 11.5 Å². The molecule has 1 aromatic carbocycles. The second kappa shape index (κ2) is 5.75. The van der Waals surface area contributed by atoms with E-state index in [-0.39, 0.29) is 17.5 Å². The maximum absolute atomic E-state index is 13.6. The second-order valence-electron chi connectivity index (χ2n) is 4.22. The first kappa shape index (κ1) is 14.1. The molecule has 0 radical (unpaired) electrons. The summed E-state index contributed by atoms with van der Waals surface area (Å²) in [7, 11) is 0. The van der Waals surface area contributed by atoms with Gasteiger partial charge in [0.2, 0.25) is 0 Å². The van der Waals surface area contributed by atoms with Crippen LogP contribution in [0.3, 0.4) is 0 Å². The highest BCUT2D eigenvalue weighted by atomic mass is 79.9. The summed E-state index contributed by atoms with van der Waals surface area (Å²) in [6.07, 6.45) is 0. The van der Waals surface area contributed by atoms with Crippen molar-refractivity contribution in [1.82, 2.24) is 9.59 Å². The number of nitrogens with one attached hydrogen (secondary N) is 1. The number of carbonyl (C=O) groups is 1. The highest BCUT2D eigenvalue weighted by molar-refractivity contribution is 9.10. The molecular formula is C12H11BrFN3OS. The topological polar surface area (TPSA) is 54.9 Å². The Hall–Kier alpha value is -1.34. The number of hydrogen-bond donors (Lipinski definition) is 1. The van der Waals surface area contributed by atoms with E-state index in [0.29, 0.717) is 15.0 Å². The smallest absolute Gasteiger partial charge is 0.269 e. The molecular weight excluding hydrogens is 333 g/mol. The van der Waals surface area contributed by atoms with Crippen molar-refractivity contribution in [3.8, 4) is 0 Å². The molecule has 100 valence electrons. The van der Waals surface area contributed by atoms with Crippen molar-refractivity contribution in [1.29, 1.82) is 0 Å². The van der Waals surface area contributed by atoms with Crippen LogP contribution in [-0.4, -0.2) is 15.5 Å². The van der Waals surface area contributed by atoms with Gasteiger partial charge in [-0.2, -0.15) is 0 Å². The minimum Gasteiger partial charge on any atom is -0.319 e. The molecule has 7 heteroatoms. The largest absolute Gasteiger partial charge is 0.319 e. The number of nitrogens with zero attached hydrogens (tertiary/aromatic N) is 2. The Labute approximate surface area is 122 Å². The lowest BCUT2D eigenvalue weighted by molar-refractivity contribution is 0.102. The molecule has 1 aromatic heterocycles. The summed E-state index contributed by atoms with van der Waals surface area (Å²) >= 11 is 4.17. The SMILES string of the molecule is CC(C)c1nnsc1C(=O)Nc1ccc(Br)cc1F. The van der Waals surface area contributed by atoms with Crippen LogP contribution in [-0.2, 0) is 0 Å². The molecule has 0 atom stereocenters. The number of anilines is 1. The average molecular weight is 344 g/mol. The number of halogens is 2. The van der Waals surface area contributed by atoms with Gasteiger partial charge in [-0.25, -0.2) is 4.39 Å². The Morgan fingerprint density at radius 3 is 2.84 bits per heavy atom. The number of amides is 1. The summed E-state index contributed by atoms with van der Waals surface area (Å²) in [4.78, 5) is 12.5. The Balaban J connectivity index is 2.23. The Kier molecular flexibility index (Phi) is 4.26. The Morgan fingerprint density at radius 1 is 1.47 bits per heavy atom. The van der Waals surface area contributed by atoms with Gasteiger partial charge in [0.1, 0.15) is 10.7 Å². The zero-order valence-corrected chi connectivity index (χ0v) is 12.7. The lowest BCUT2D eigenvalue weighted by Crippen LogP contribution is -2.14. The predicted molar refractivity (Wildman–Crippen MR) is 76.1 cm³/mol. The maximum atomic E-state index is 13.6. The van der Waals surface area contributed by atoms with Crippen molar-refractivity contribution < 1.29 is 9.18 Å². The van der Waals surface area contributed by atoms with E-state index in [4.69, 9.17) is 0 Å². The van der Waals surface area contributed by atoms with Crippen molar-refractivity contribution in [3.63, 3.8) is 0 Å². The number of rotatable bonds is 3. The third-order valence-corrected chi connectivity index (χ3v) is 3.68. The third-order valence-electron chi connectivity index (χ3n) is 2.45. The third kappa shape index (κ3) is 3.16. The van der Waals surface area contributed by atoms with Gasteiger partial charge in [0.25, 0.3) is 5.91 Å². The first-order valence-corrected chi connectivity index (χ1v) is 7.14. The molecule has 1 heterocycles. The van der Waals surface area contributed by atoms with E-state index >= 15 is 0 Å². The zero-order chi connectivity index (χ0) is 14.0. The van der Waals surface area contributed by atoms with Gasteiger partial charge in [-0.15, -0.1) is 5.10 Å². The first-order valence-electron chi connectivity index (χ1n) is 5.57. The van der Waals surface area contributed by atoms with E-state index in [1.165, 1.54) is 12.1 Å². The summed E-state index contributed by atoms with van der Waals surface area (Å²) in [5.74, 6) is -0.791. The van der Waals surface area contributed by atoms with Crippen LogP contribution < -0.4 is 5.32 Å². The van der Waals surface area contributed by atoms with Crippen LogP contribution in [0.25, 0.3) is 0 Å². The lowest BCUT2D eigenvalue weighted by Gasteiger charge is -2.07. The van der Waals surface area contributed by atoms with E-state index in [1.54, 1.807) is 6.07 Å². The van der Waals surface area contributed by atoms with Crippen molar-refractivity contribution in [3.05, 3.63) is 39.1 Å². The maximum Gasteiger partial charge on any atom is 0.269 e. The number of hydrogen-bond acceptors (Lipinski definition) is 4. The molecule has 1 N–H and O–H groups in total. The number of aromatic nitrogens is 2. The van der Waals surface area contributed by atoms with Crippen LogP contribution in [0.15, 0.2) is 22.7 Å². The highest BCUT2D eigenvalue weighted by Crippen LogP contribution is 2.23. The van der Waals surface area contributed by atoms with Gasteiger partial charge < -0.3 is 5.32 Å². The van der Waals surface area contributed by atoms with Crippen molar-refractivity contribution >= 4 is 39.1 Å². The lowest BCUT2D eigenvalue weighted by atomic mass is 10.1. The molecule has 4 nitrogen and oxygen atoms in total. The van der Waals surface area contributed by atoms with E-state index in [2.05, 4.69) is 30.8 Å². The molecule has 2 aromatic rings. The number of benzene rings is 1. The van der Waals surface area contributed by atoms with Crippen LogP contribution in [0.1, 0.15) is 35.1 Å². The molecule has 0 saturated heterocycles. The summed E-state index contributed by atoms with van der Waals surface area (Å²) in [5.41, 5.74) is 0.760. The van der Waals surface area contributed by atoms with E-state index in [1.807, 2.05) is 13.8 Å². The average Bonchev–Trinajstić information content (AvgIpc) is 2.82. The van der Waals surface area contributed by atoms with Crippen LogP contribution in [0.2, 0.25) is 0 Å². The van der Waals surface area contributed by atoms with Crippen molar-refractivity contribution in [2.45, 2.75) is 19.8 Å². The molecule has 2 rings (SSSR count). The molecule has 0 fully saturated rings. The molecule has 19 heavy (non-hydrogen) atoms. The zero-order valence-electron chi connectivity index (χ0n) is 10.3. The van der Waals surface area contributed by atoms with Gasteiger partial charge in [-0.1, -0.05) is 34.3 Å². The summed E-state index contributed by atoms with van der Waals surface area (Å²) in [5, 5.41) is 6.45. The van der Waals surface area contributed by atoms with Gasteiger partial charge in [0.05, 0.1) is 11.4 Å². The van der Waals surface area contributed by atoms with E-state index in [9.17, 15) is 9.18 Å². The normalized spacial score (nSPS) is 10.8. The first-order chi connectivity index (χ1) is 8.99. The van der Waals surface area contributed by atoms with Crippen molar-refractivity contribution in [2.75, 3.05) is 5.32 Å². The van der Waals surface area contributed by atoms with Crippen LogP contribution in [0, 0.1) is 5.82 Å². The molecule has 0 aliphatic carbocycles. The highest BCUT2D eigenvalue weighted by Gasteiger charge is 2.19. The molecule has 0 saturated carbocycles. The van der Waals surface area contributed by atoms with Crippen LogP contribution in [0.4, 0.5) is 10.1 Å². The Bertz CT molecular complexity index is 615. The minimum absolute atomic E-state index is 0.0919. The fourth-order valence-corrected chi connectivity index (χ4v) is 2.55. The fraction of sp³-hybridized carbons (Fsp3) is 0.250. The monoisotopic (exact) mass is 343 g/mol. The van der Waals surface area contributed by atoms with Gasteiger partial charge in [-0.3, -0.25) is 4.79 Å². The van der Waals surface area contributed by atoms with Gasteiger partial charge in [0.15, 0.2) is 0 Å². The van der Waals surface area contributed by atoms with E-state index < -0.39 is 5.82 Å². The van der Waals surface area contributed by atoms with Gasteiger partial charge in [0, 0.05) is 4.47 Å². The predicted octanol–water partition coefficient (Wildman–Crippen LogP) is 3.82. The minimum atomic E-state index is -0.494. The van der Waals surface area contributed by atoms with Crippen molar-refractivity contribution in [2.24, 2.45) is 0 Å². The second-order valence-corrected chi connectivity index (χ2v) is 5.89. The summed E-state index contributed by atoms with van der Waals surface area (Å²) in [6, 6.07) is 4.46. The van der Waals surface area contributed by atoms with Gasteiger partial charge >= 0.3 is 0 Å². The molecule has 0 aliphatic heterocycles. The Morgan fingerprint density at radius 2 is 2.21 bits per heavy atom. The molecule has 0 aliphatic rings. The molecule has 0 unspecified atom stereocenters. The standard InChI is InChI=1S/C12H11BrFN3OS/c1-6(2)10-11(19-17-16-10)12(18)15-9-4-3-7(13)5-8(9)14/h3-6H,1-2H3,(H,15,18). The molecule has 0 spiro atoms.